The highest BCUT2D eigenvalue weighted by molar-refractivity contribution is 6.30. The standard InChI is InChI=1S/C18H13ClO5/c1-10-2-7-14-13(8-10)16(22)18(23-9-15(20)21)17(24-14)11-3-5-12(19)6-4-11/h2-8H,9H2,1H3,(H,20,21). The van der Waals surface area contributed by atoms with Crippen molar-refractivity contribution in [1.82, 2.24) is 0 Å². The van der Waals surface area contributed by atoms with Crippen LogP contribution in [-0.2, 0) is 4.79 Å². The second-order valence-electron chi connectivity index (χ2n) is 5.28. The van der Waals surface area contributed by atoms with Crippen molar-refractivity contribution in [3.8, 4) is 17.1 Å². The number of carbonyl (C=O) groups is 1. The smallest absolute Gasteiger partial charge is 0.341 e. The third-order valence-corrected chi connectivity index (χ3v) is 3.70. The number of ether oxygens (including phenoxy) is 1. The van der Waals surface area contributed by atoms with Crippen molar-refractivity contribution in [2.45, 2.75) is 6.92 Å². The summed E-state index contributed by atoms with van der Waals surface area (Å²) in [6.45, 7) is 1.21. The predicted molar refractivity (Wildman–Crippen MR) is 90.8 cm³/mol. The van der Waals surface area contributed by atoms with Crippen molar-refractivity contribution in [2.75, 3.05) is 6.61 Å². The lowest BCUT2D eigenvalue weighted by atomic mass is 10.1. The first-order chi connectivity index (χ1) is 11.5. The van der Waals surface area contributed by atoms with Crippen LogP contribution in [0.5, 0.6) is 5.75 Å². The molecule has 1 N–H and O–H groups in total. The number of aliphatic carboxylic acids is 1. The molecule has 24 heavy (non-hydrogen) atoms. The van der Waals surface area contributed by atoms with Gasteiger partial charge in [0.05, 0.1) is 5.39 Å². The minimum Gasteiger partial charge on any atom is -0.479 e. The van der Waals surface area contributed by atoms with E-state index in [2.05, 4.69) is 0 Å². The van der Waals surface area contributed by atoms with Crippen LogP contribution in [-0.4, -0.2) is 17.7 Å². The molecule has 0 aliphatic heterocycles. The van der Waals surface area contributed by atoms with E-state index in [0.717, 1.165) is 5.56 Å². The maximum atomic E-state index is 12.8. The molecule has 0 atom stereocenters. The van der Waals surface area contributed by atoms with Gasteiger partial charge in [0.1, 0.15) is 5.58 Å². The molecule has 0 unspecified atom stereocenters. The second-order valence-corrected chi connectivity index (χ2v) is 5.71. The molecule has 6 heteroatoms. The Labute approximate surface area is 142 Å². The van der Waals surface area contributed by atoms with Gasteiger partial charge in [-0.25, -0.2) is 4.79 Å². The maximum Gasteiger partial charge on any atom is 0.341 e. The zero-order chi connectivity index (χ0) is 17.3. The zero-order valence-electron chi connectivity index (χ0n) is 12.7. The van der Waals surface area contributed by atoms with E-state index in [4.69, 9.17) is 25.9 Å². The Bertz CT molecular complexity index is 973. The lowest BCUT2D eigenvalue weighted by Gasteiger charge is -2.11. The summed E-state index contributed by atoms with van der Waals surface area (Å²) < 4.78 is 11.0. The Morgan fingerprint density at radius 1 is 1.21 bits per heavy atom. The number of aryl methyl sites for hydroxylation is 1. The Morgan fingerprint density at radius 2 is 1.92 bits per heavy atom. The van der Waals surface area contributed by atoms with Crippen LogP contribution in [0.4, 0.5) is 0 Å². The van der Waals surface area contributed by atoms with Crippen molar-refractivity contribution < 1.29 is 19.1 Å². The summed E-state index contributed by atoms with van der Waals surface area (Å²) in [5, 5.41) is 9.72. The Balaban J connectivity index is 2.26. The van der Waals surface area contributed by atoms with Crippen LogP contribution in [0.25, 0.3) is 22.3 Å². The van der Waals surface area contributed by atoms with Gasteiger partial charge in [0, 0.05) is 10.6 Å². The molecular formula is C18H13ClO5. The molecule has 0 saturated heterocycles. The summed E-state index contributed by atoms with van der Waals surface area (Å²) >= 11 is 5.88. The summed E-state index contributed by atoms with van der Waals surface area (Å²) in [6.07, 6.45) is 0. The minimum atomic E-state index is -1.18. The average molecular weight is 345 g/mol. The minimum absolute atomic E-state index is 0.127. The van der Waals surface area contributed by atoms with Crippen molar-refractivity contribution in [1.29, 1.82) is 0 Å². The molecule has 0 amide bonds. The van der Waals surface area contributed by atoms with Gasteiger partial charge in [0.25, 0.3) is 0 Å². The van der Waals surface area contributed by atoms with Gasteiger partial charge in [0.15, 0.2) is 12.4 Å². The normalized spacial score (nSPS) is 10.8. The number of hydrogen-bond acceptors (Lipinski definition) is 4. The van der Waals surface area contributed by atoms with Crippen LogP contribution in [0.3, 0.4) is 0 Å². The SMILES string of the molecule is Cc1ccc2oc(-c3ccc(Cl)cc3)c(OCC(=O)O)c(=O)c2c1. The fourth-order valence-corrected chi connectivity index (χ4v) is 2.47. The molecule has 1 heterocycles. The number of halogens is 1. The molecule has 0 fully saturated rings. The molecule has 0 radical (unpaired) electrons. The molecule has 3 aromatic rings. The third-order valence-electron chi connectivity index (χ3n) is 3.45. The quantitative estimate of drug-likeness (QED) is 0.777. The summed E-state index contributed by atoms with van der Waals surface area (Å²) in [7, 11) is 0. The Morgan fingerprint density at radius 3 is 2.58 bits per heavy atom. The van der Waals surface area contributed by atoms with Gasteiger partial charge in [-0.05, 0) is 43.3 Å². The molecule has 3 rings (SSSR count). The van der Waals surface area contributed by atoms with E-state index in [0.29, 0.717) is 21.6 Å². The van der Waals surface area contributed by atoms with Crippen LogP contribution in [0.1, 0.15) is 5.56 Å². The number of fused-ring (bicyclic) bond motifs is 1. The van der Waals surface area contributed by atoms with Gasteiger partial charge in [-0.3, -0.25) is 4.79 Å². The molecule has 0 saturated carbocycles. The molecule has 1 aromatic heterocycles. The van der Waals surface area contributed by atoms with Gasteiger partial charge >= 0.3 is 5.97 Å². The van der Waals surface area contributed by atoms with E-state index in [1.807, 2.05) is 13.0 Å². The van der Waals surface area contributed by atoms with E-state index in [1.54, 1.807) is 36.4 Å². The highest BCUT2D eigenvalue weighted by atomic mass is 35.5. The van der Waals surface area contributed by atoms with Crippen molar-refractivity contribution >= 4 is 28.5 Å². The molecule has 0 aliphatic rings. The highest BCUT2D eigenvalue weighted by Crippen LogP contribution is 2.31. The zero-order valence-corrected chi connectivity index (χ0v) is 13.5. The number of benzene rings is 2. The van der Waals surface area contributed by atoms with E-state index >= 15 is 0 Å². The maximum absolute atomic E-state index is 12.8. The number of hydrogen-bond donors (Lipinski definition) is 1. The molecule has 0 aliphatic carbocycles. The van der Waals surface area contributed by atoms with Crippen LogP contribution in [0.15, 0.2) is 51.7 Å². The van der Waals surface area contributed by atoms with Crippen molar-refractivity contribution in [3.05, 3.63) is 63.3 Å². The average Bonchev–Trinajstić information content (AvgIpc) is 2.55. The highest BCUT2D eigenvalue weighted by Gasteiger charge is 2.18. The van der Waals surface area contributed by atoms with Crippen LogP contribution in [0, 0.1) is 6.92 Å². The second kappa shape index (κ2) is 6.37. The summed E-state index contributed by atoms with van der Waals surface area (Å²) in [6, 6.07) is 11.9. The van der Waals surface area contributed by atoms with E-state index < -0.39 is 18.0 Å². The van der Waals surface area contributed by atoms with Gasteiger partial charge < -0.3 is 14.3 Å². The predicted octanol–water partition coefficient (Wildman–Crippen LogP) is 3.89. The van der Waals surface area contributed by atoms with Gasteiger partial charge in [-0.1, -0.05) is 23.2 Å². The molecular weight excluding hydrogens is 332 g/mol. The summed E-state index contributed by atoms with van der Waals surface area (Å²) in [5.74, 6) is -1.13. The van der Waals surface area contributed by atoms with Gasteiger partial charge in [-0.15, -0.1) is 0 Å². The van der Waals surface area contributed by atoms with E-state index in [1.165, 1.54) is 0 Å². The Kier molecular flexibility index (Phi) is 4.27. The van der Waals surface area contributed by atoms with Gasteiger partial charge in [-0.2, -0.15) is 0 Å². The number of rotatable bonds is 4. The molecule has 5 nitrogen and oxygen atoms in total. The fourth-order valence-electron chi connectivity index (χ4n) is 2.35. The number of carboxylic acids is 1. The van der Waals surface area contributed by atoms with Gasteiger partial charge in [0.2, 0.25) is 11.2 Å². The first-order valence-electron chi connectivity index (χ1n) is 7.13. The molecule has 0 spiro atoms. The van der Waals surface area contributed by atoms with E-state index in [9.17, 15) is 9.59 Å². The molecule has 0 bridgehead atoms. The number of carboxylic acid groups (broad SMARTS) is 1. The van der Waals surface area contributed by atoms with Crippen LogP contribution < -0.4 is 10.2 Å². The lowest BCUT2D eigenvalue weighted by Crippen LogP contribution is -2.16. The lowest BCUT2D eigenvalue weighted by molar-refractivity contribution is -0.139. The third kappa shape index (κ3) is 3.12. The van der Waals surface area contributed by atoms with Crippen molar-refractivity contribution in [3.63, 3.8) is 0 Å². The fraction of sp³-hybridized carbons (Fsp3) is 0.111. The monoisotopic (exact) mass is 344 g/mol. The van der Waals surface area contributed by atoms with Crippen LogP contribution in [0.2, 0.25) is 5.02 Å². The summed E-state index contributed by atoms with van der Waals surface area (Å²) in [5.41, 5.74) is 1.45. The largest absolute Gasteiger partial charge is 0.479 e. The molecule has 2 aromatic carbocycles. The first kappa shape index (κ1) is 16.1. The molecule has 122 valence electrons. The first-order valence-corrected chi connectivity index (χ1v) is 7.51. The topological polar surface area (TPSA) is 76.7 Å². The van der Waals surface area contributed by atoms with E-state index in [-0.39, 0.29) is 11.5 Å². The Hall–Kier alpha value is -2.79. The summed E-state index contributed by atoms with van der Waals surface area (Å²) in [4.78, 5) is 23.6. The van der Waals surface area contributed by atoms with Crippen LogP contribution >= 0.6 is 11.6 Å². The van der Waals surface area contributed by atoms with Crippen molar-refractivity contribution in [2.24, 2.45) is 0 Å².